The molecule has 43 heavy (non-hydrogen) atoms. The molecule has 0 radical (unpaired) electrons. The lowest BCUT2D eigenvalue weighted by Gasteiger charge is -2.26. The fourth-order valence-electron chi connectivity index (χ4n) is 4.46. The first-order chi connectivity index (χ1) is 20.9. The molecule has 1 aliphatic carbocycles. The first kappa shape index (κ1) is 28.6. The molecule has 12 heteroatoms. The molecule has 2 aromatic heterocycles. The molecule has 2 aromatic carbocycles. The van der Waals surface area contributed by atoms with Crippen molar-refractivity contribution < 1.29 is 19.1 Å². The SMILES string of the molecule is N#CC(C#N)=Nc1cc2c(s1)-c1sc(N=C(C#N)C#N)cc1C2(C(=O)OCc1ccccc1)C(=O)OCc1ccccc1. The Labute approximate surface area is 253 Å². The van der Waals surface area contributed by atoms with Crippen LogP contribution in [0.15, 0.2) is 82.8 Å². The molecular formula is C31H16N6O4S2. The van der Waals surface area contributed by atoms with Gasteiger partial charge in [-0.25, -0.2) is 9.98 Å². The maximum absolute atomic E-state index is 14.2. The van der Waals surface area contributed by atoms with Crippen molar-refractivity contribution in [1.82, 2.24) is 0 Å². The number of hydrogen-bond acceptors (Lipinski definition) is 12. The molecule has 4 aromatic rings. The molecule has 1 aliphatic rings. The lowest BCUT2D eigenvalue weighted by Crippen LogP contribution is -2.45. The van der Waals surface area contributed by atoms with E-state index in [4.69, 9.17) is 9.47 Å². The average molecular weight is 601 g/mol. The van der Waals surface area contributed by atoms with Crippen molar-refractivity contribution >= 4 is 56.0 Å². The molecule has 0 N–H and O–H groups in total. The van der Waals surface area contributed by atoms with Gasteiger partial charge in [-0.3, -0.25) is 9.59 Å². The summed E-state index contributed by atoms with van der Waals surface area (Å²) in [6.07, 6.45) is 0. The number of nitrogens with zero attached hydrogens (tertiary/aromatic N) is 6. The molecule has 0 saturated carbocycles. The molecule has 10 nitrogen and oxygen atoms in total. The van der Waals surface area contributed by atoms with Gasteiger partial charge in [-0.05, 0) is 23.3 Å². The minimum absolute atomic E-state index is 0.137. The van der Waals surface area contributed by atoms with Gasteiger partial charge in [-0.15, -0.1) is 22.7 Å². The molecule has 0 saturated heterocycles. The van der Waals surface area contributed by atoms with Crippen LogP contribution in [-0.4, -0.2) is 23.4 Å². The van der Waals surface area contributed by atoms with Crippen molar-refractivity contribution in [2.45, 2.75) is 18.6 Å². The molecule has 0 spiro atoms. The zero-order chi connectivity index (χ0) is 30.4. The summed E-state index contributed by atoms with van der Waals surface area (Å²) in [5.74, 6) is -1.84. The number of fused-ring (bicyclic) bond motifs is 3. The van der Waals surface area contributed by atoms with Crippen LogP contribution in [0.5, 0.6) is 0 Å². The largest absolute Gasteiger partial charge is 0.459 e. The van der Waals surface area contributed by atoms with E-state index in [0.29, 0.717) is 20.9 Å². The lowest BCUT2D eigenvalue weighted by atomic mass is 9.79. The number of ether oxygens (including phenoxy) is 2. The number of carbonyl (C=O) groups is 2. The molecule has 5 rings (SSSR count). The van der Waals surface area contributed by atoms with E-state index in [2.05, 4.69) is 9.98 Å². The Morgan fingerprint density at radius 3 is 1.37 bits per heavy atom. The number of thiophene rings is 2. The first-order valence-corrected chi connectivity index (χ1v) is 14.1. The molecule has 0 atom stereocenters. The van der Waals surface area contributed by atoms with Crippen molar-refractivity contribution in [2.75, 3.05) is 0 Å². The second-order valence-electron chi connectivity index (χ2n) is 8.90. The topological polar surface area (TPSA) is 172 Å². The Morgan fingerprint density at radius 1 is 0.651 bits per heavy atom. The van der Waals surface area contributed by atoms with Crippen LogP contribution in [0.3, 0.4) is 0 Å². The van der Waals surface area contributed by atoms with Gasteiger partial charge in [0, 0.05) is 11.1 Å². The maximum atomic E-state index is 14.2. The van der Waals surface area contributed by atoms with Crippen LogP contribution in [-0.2, 0) is 37.7 Å². The predicted molar refractivity (Wildman–Crippen MR) is 158 cm³/mol. The van der Waals surface area contributed by atoms with Crippen molar-refractivity contribution in [3.8, 4) is 34.0 Å². The van der Waals surface area contributed by atoms with E-state index in [-0.39, 0.29) is 34.3 Å². The number of esters is 2. The summed E-state index contributed by atoms with van der Waals surface area (Å²) in [5, 5.41) is 37.4. The first-order valence-electron chi connectivity index (χ1n) is 12.4. The second kappa shape index (κ2) is 12.3. The fourth-order valence-corrected chi connectivity index (χ4v) is 6.81. The third kappa shape index (κ3) is 5.40. The summed E-state index contributed by atoms with van der Waals surface area (Å²) >= 11 is 2.12. The van der Waals surface area contributed by atoms with Gasteiger partial charge in [-0.1, -0.05) is 60.7 Å². The molecule has 0 unspecified atom stereocenters. The second-order valence-corrected chi connectivity index (χ2v) is 11.0. The number of rotatable bonds is 8. The summed E-state index contributed by atoms with van der Waals surface area (Å²) in [5.41, 5.74) is -1.12. The Hall–Kier alpha value is -5.92. The van der Waals surface area contributed by atoms with Crippen molar-refractivity contribution in [3.05, 3.63) is 95.1 Å². The van der Waals surface area contributed by atoms with E-state index in [1.54, 1.807) is 72.8 Å². The average Bonchev–Trinajstić information content (AvgIpc) is 3.71. The Morgan fingerprint density at radius 2 is 1.02 bits per heavy atom. The van der Waals surface area contributed by atoms with Crippen LogP contribution in [0, 0.1) is 45.3 Å². The number of benzene rings is 2. The number of aliphatic imine (C=N–C) groups is 2. The van der Waals surface area contributed by atoms with Crippen LogP contribution in [0.2, 0.25) is 0 Å². The van der Waals surface area contributed by atoms with E-state index < -0.39 is 28.8 Å². The summed E-state index contributed by atoms with van der Waals surface area (Å²) in [4.78, 5) is 37.5. The Balaban J connectivity index is 1.69. The fraction of sp³-hybridized carbons (Fsp3) is 0.0968. The lowest BCUT2D eigenvalue weighted by molar-refractivity contribution is -0.164. The minimum atomic E-state index is -2.12. The number of nitriles is 4. The molecule has 0 aliphatic heterocycles. The van der Waals surface area contributed by atoms with E-state index in [0.717, 1.165) is 22.7 Å². The van der Waals surface area contributed by atoms with Gasteiger partial charge in [0.05, 0.1) is 9.75 Å². The van der Waals surface area contributed by atoms with Gasteiger partial charge in [-0.2, -0.15) is 21.0 Å². The van der Waals surface area contributed by atoms with Crippen LogP contribution >= 0.6 is 22.7 Å². The highest BCUT2D eigenvalue weighted by Gasteiger charge is 2.60. The maximum Gasteiger partial charge on any atom is 0.333 e. The standard InChI is InChI=1S/C31H16N6O4S2/c32-13-21(14-33)36-25-11-23-27(42-25)28-24(12-26(43-28)37-22(15-34)16-35)31(23,29(38)40-17-19-7-3-1-4-8-19)30(39)41-18-20-9-5-2-6-10-20/h1-12H,17-18H2. The van der Waals surface area contributed by atoms with Crippen LogP contribution in [0.4, 0.5) is 10.0 Å². The molecule has 2 heterocycles. The number of carbonyl (C=O) groups excluding carboxylic acids is 2. The molecule has 0 amide bonds. The zero-order valence-corrected chi connectivity index (χ0v) is 23.6. The third-order valence-corrected chi connectivity index (χ3v) is 8.58. The van der Waals surface area contributed by atoms with E-state index in [1.165, 1.54) is 12.1 Å². The van der Waals surface area contributed by atoms with E-state index in [9.17, 15) is 30.6 Å². The molecule has 206 valence electrons. The Kier molecular flexibility index (Phi) is 8.18. The van der Waals surface area contributed by atoms with Gasteiger partial charge in [0.1, 0.15) is 47.5 Å². The van der Waals surface area contributed by atoms with Gasteiger partial charge in [0.15, 0.2) is 0 Å². The zero-order valence-electron chi connectivity index (χ0n) is 22.0. The van der Waals surface area contributed by atoms with Crippen LogP contribution in [0.1, 0.15) is 22.3 Å². The molecule has 0 fully saturated rings. The van der Waals surface area contributed by atoms with Crippen molar-refractivity contribution in [2.24, 2.45) is 9.98 Å². The van der Waals surface area contributed by atoms with Crippen molar-refractivity contribution in [3.63, 3.8) is 0 Å². The van der Waals surface area contributed by atoms with Crippen molar-refractivity contribution in [1.29, 1.82) is 21.0 Å². The van der Waals surface area contributed by atoms with E-state index >= 15 is 0 Å². The molecular weight excluding hydrogens is 585 g/mol. The monoisotopic (exact) mass is 600 g/mol. The quantitative estimate of drug-likeness (QED) is 0.139. The van der Waals surface area contributed by atoms with Crippen LogP contribution < -0.4 is 0 Å². The summed E-state index contributed by atoms with van der Waals surface area (Å²) in [6.45, 7) is -0.273. The summed E-state index contributed by atoms with van der Waals surface area (Å²) in [6, 6.07) is 27.6. The predicted octanol–water partition coefficient (Wildman–Crippen LogP) is 5.80. The van der Waals surface area contributed by atoms with Gasteiger partial charge in [0.2, 0.25) is 16.8 Å². The van der Waals surface area contributed by atoms with Gasteiger partial charge in [0.25, 0.3) is 0 Å². The third-order valence-electron chi connectivity index (χ3n) is 6.36. The van der Waals surface area contributed by atoms with Crippen LogP contribution in [0.25, 0.3) is 9.75 Å². The highest BCUT2D eigenvalue weighted by atomic mass is 32.1. The normalized spacial score (nSPS) is 11.7. The highest BCUT2D eigenvalue weighted by Crippen LogP contribution is 2.59. The smallest absolute Gasteiger partial charge is 0.333 e. The minimum Gasteiger partial charge on any atom is -0.459 e. The summed E-state index contributed by atoms with van der Waals surface area (Å²) < 4.78 is 11.5. The molecule has 0 bridgehead atoms. The summed E-state index contributed by atoms with van der Waals surface area (Å²) in [7, 11) is 0. The van der Waals surface area contributed by atoms with Gasteiger partial charge >= 0.3 is 11.9 Å². The highest BCUT2D eigenvalue weighted by molar-refractivity contribution is 7.26. The van der Waals surface area contributed by atoms with Gasteiger partial charge < -0.3 is 9.47 Å². The Bertz CT molecular complexity index is 1790. The van der Waals surface area contributed by atoms with E-state index in [1.807, 2.05) is 12.1 Å². The number of hydrogen-bond donors (Lipinski definition) is 0.